The molecule has 0 aromatic rings. The largest absolute Gasteiger partial charge is 0.293 e. The quantitative estimate of drug-likeness (QED) is 0.199. The Hall–Kier alpha value is -0.650. The molecule has 1 rings (SSSR count). The van der Waals surface area contributed by atoms with Crippen LogP contribution in [0.25, 0.3) is 0 Å². The first-order chi connectivity index (χ1) is 4.84. The summed E-state index contributed by atoms with van der Waals surface area (Å²) < 4.78 is 0. The van der Waals surface area contributed by atoms with Crippen LogP contribution in [0, 0.1) is 0 Å². The molecule has 5 nitrogen and oxygen atoms in total. The number of carbonyl (C=O) groups is 1. The Labute approximate surface area is 59.3 Å². The van der Waals surface area contributed by atoms with E-state index in [4.69, 9.17) is 5.84 Å². The topological polar surface area (TPSA) is 79.2 Å². The van der Waals surface area contributed by atoms with Gasteiger partial charge < -0.3 is 0 Å². The van der Waals surface area contributed by atoms with Gasteiger partial charge in [0.25, 0.3) is 5.91 Å². The Morgan fingerprint density at radius 3 is 3.00 bits per heavy atom. The first-order valence-electron chi connectivity index (χ1n) is 3.33. The molecular weight excluding hydrogens is 132 g/mol. The van der Waals surface area contributed by atoms with Gasteiger partial charge in [0, 0.05) is 6.54 Å². The molecule has 1 aliphatic rings. The van der Waals surface area contributed by atoms with E-state index in [0.717, 1.165) is 19.4 Å². The zero-order valence-corrected chi connectivity index (χ0v) is 5.68. The first kappa shape index (κ1) is 7.46. The average molecular weight is 144 g/mol. The molecule has 1 saturated heterocycles. The number of amides is 1. The van der Waals surface area contributed by atoms with Gasteiger partial charge in [-0.2, -0.15) is 0 Å². The Morgan fingerprint density at radius 1 is 1.70 bits per heavy atom. The van der Waals surface area contributed by atoms with Crippen molar-refractivity contribution in [3.05, 3.63) is 0 Å². The van der Waals surface area contributed by atoms with Crippen LogP contribution in [0.4, 0.5) is 0 Å². The van der Waals surface area contributed by atoms with Crippen LogP contribution in [0.5, 0.6) is 0 Å². The fourth-order valence-electron chi connectivity index (χ4n) is 0.959. The molecule has 1 fully saturated rings. The second-order valence-corrected chi connectivity index (χ2v) is 2.27. The zero-order valence-electron chi connectivity index (χ0n) is 5.68. The van der Waals surface area contributed by atoms with Gasteiger partial charge in [-0.25, -0.2) is 11.3 Å². The van der Waals surface area contributed by atoms with Gasteiger partial charge in [-0.3, -0.25) is 15.6 Å². The molecule has 0 spiro atoms. The minimum absolute atomic E-state index is 0.160. The maximum atomic E-state index is 10.8. The maximum absolute atomic E-state index is 10.8. The Balaban J connectivity index is 2.31. The van der Waals surface area contributed by atoms with Crippen molar-refractivity contribution in [3.63, 3.8) is 0 Å². The number of nitrogens with two attached hydrogens (primary N) is 1. The molecule has 1 unspecified atom stereocenters. The standard InChI is InChI=1S/C5H12N4O/c6-8-5(10)4-2-1-3-7-9-4/h4,7,9H,1-3,6H2,(H,8,10). The van der Waals surface area contributed by atoms with Crippen LogP contribution in [0.3, 0.4) is 0 Å². The van der Waals surface area contributed by atoms with E-state index in [1.165, 1.54) is 0 Å². The SMILES string of the molecule is NNC(=O)C1CCCNN1. The lowest BCUT2D eigenvalue weighted by Gasteiger charge is -2.22. The lowest BCUT2D eigenvalue weighted by Crippen LogP contribution is -2.54. The van der Waals surface area contributed by atoms with Gasteiger partial charge in [-0.05, 0) is 12.8 Å². The molecule has 0 bridgehead atoms. The molecule has 0 aromatic carbocycles. The second kappa shape index (κ2) is 3.50. The molecule has 58 valence electrons. The Morgan fingerprint density at radius 2 is 2.50 bits per heavy atom. The van der Waals surface area contributed by atoms with Crippen LogP contribution in [-0.4, -0.2) is 18.5 Å². The molecule has 1 amide bonds. The van der Waals surface area contributed by atoms with Crippen molar-refractivity contribution in [2.24, 2.45) is 5.84 Å². The van der Waals surface area contributed by atoms with Gasteiger partial charge in [-0.1, -0.05) is 0 Å². The summed E-state index contributed by atoms with van der Waals surface area (Å²) in [6.07, 6.45) is 1.85. The molecule has 0 aromatic heterocycles. The smallest absolute Gasteiger partial charge is 0.252 e. The van der Waals surface area contributed by atoms with E-state index in [1.54, 1.807) is 0 Å². The van der Waals surface area contributed by atoms with Gasteiger partial charge in [0.1, 0.15) is 6.04 Å². The van der Waals surface area contributed by atoms with E-state index >= 15 is 0 Å². The van der Waals surface area contributed by atoms with E-state index in [9.17, 15) is 4.79 Å². The van der Waals surface area contributed by atoms with Crippen molar-refractivity contribution < 1.29 is 4.79 Å². The molecule has 0 aliphatic carbocycles. The Kier molecular flexibility index (Phi) is 2.61. The number of hydrazine groups is 2. The van der Waals surface area contributed by atoms with Gasteiger partial charge in [0.2, 0.25) is 0 Å². The minimum atomic E-state index is -0.168. The molecule has 5 heteroatoms. The van der Waals surface area contributed by atoms with Crippen LogP contribution in [0.2, 0.25) is 0 Å². The predicted molar refractivity (Wildman–Crippen MR) is 36.5 cm³/mol. The molecule has 1 aliphatic heterocycles. The number of hydrogen-bond donors (Lipinski definition) is 4. The fourth-order valence-corrected chi connectivity index (χ4v) is 0.959. The van der Waals surface area contributed by atoms with E-state index in [-0.39, 0.29) is 11.9 Å². The minimum Gasteiger partial charge on any atom is -0.293 e. The van der Waals surface area contributed by atoms with Crippen LogP contribution in [-0.2, 0) is 4.79 Å². The van der Waals surface area contributed by atoms with E-state index in [2.05, 4.69) is 16.3 Å². The predicted octanol–water partition coefficient (Wildman–Crippen LogP) is -1.77. The summed E-state index contributed by atoms with van der Waals surface area (Å²) >= 11 is 0. The number of nitrogens with one attached hydrogen (secondary N) is 3. The second-order valence-electron chi connectivity index (χ2n) is 2.27. The number of carbonyl (C=O) groups excluding carboxylic acids is 1. The van der Waals surface area contributed by atoms with Gasteiger partial charge in [-0.15, -0.1) is 0 Å². The number of rotatable bonds is 1. The van der Waals surface area contributed by atoms with Crippen LogP contribution in [0.15, 0.2) is 0 Å². The highest BCUT2D eigenvalue weighted by atomic mass is 16.2. The third-order valence-electron chi connectivity index (χ3n) is 1.53. The fraction of sp³-hybridized carbons (Fsp3) is 0.800. The average Bonchev–Trinajstić information content (AvgIpc) is 2.05. The van der Waals surface area contributed by atoms with Crippen molar-refractivity contribution in [1.82, 2.24) is 16.3 Å². The Bertz CT molecular complexity index is 121. The van der Waals surface area contributed by atoms with Crippen LogP contribution in [0.1, 0.15) is 12.8 Å². The molecule has 0 saturated carbocycles. The zero-order chi connectivity index (χ0) is 7.40. The highest BCUT2D eigenvalue weighted by Gasteiger charge is 2.18. The van der Waals surface area contributed by atoms with Crippen molar-refractivity contribution in [2.45, 2.75) is 18.9 Å². The van der Waals surface area contributed by atoms with Crippen molar-refractivity contribution in [3.8, 4) is 0 Å². The lowest BCUT2D eigenvalue weighted by atomic mass is 10.1. The third-order valence-corrected chi connectivity index (χ3v) is 1.53. The van der Waals surface area contributed by atoms with Gasteiger partial charge in [0.15, 0.2) is 0 Å². The van der Waals surface area contributed by atoms with Crippen molar-refractivity contribution in [1.29, 1.82) is 0 Å². The molecular formula is C5H12N4O. The van der Waals surface area contributed by atoms with E-state index < -0.39 is 0 Å². The molecule has 1 heterocycles. The summed E-state index contributed by atoms with van der Waals surface area (Å²) in [6.45, 7) is 0.911. The van der Waals surface area contributed by atoms with Crippen LogP contribution >= 0.6 is 0 Å². The summed E-state index contributed by atoms with van der Waals surface area (Å²) in [5, 5.41) is 0. The maximum Gasteiger partial charge on any atom is 0.252 e. The van der Waals surface area contributed by atoms with E-state index in [1.807, 2.05) is 0 Å². The molecule has 10 heavy (non-hydrogen) atoms. The van der Waals surface area contributed by atoms with Crippen LogP contribution < -0.4 is 22.1 Å². The lowest BCUT2D eigenvalue weighted by molar-refractivity contribution is -0.124. The summed E-state index contributed by atoms with van der Waals surface area (Å²) in [5.74, 6) is 4.78. The molecule has 1 atom stereocenters. The summed E-state index contributed by atoms with van der Waals surface area (Å²) in [6, 6.07) is -0.168. The van der Waals surface area contributed by atoms with Crippen molar-refractivity contribution in [2.75, 3.05) is 6.54 Å². The van der Waals surface area contributed by atoms with E-state index in [0.29, 0.717) is 0 Å². The normalized spacial score (nSPS) is 25.9. The highest BCUT2D eigenvalue weighted by molar-refractivity contribution is 5.81. The molecule has 0 radical (unpaired) electrons. The monoisotopic (exact) mass is 144 g/mol. The summed E-state index contributed by atoms with van der Waals surface area (Å²) in [4.78, 5) is 10.8. The first-order valence-corrected chi connectivity index (χ1v) is 3.33. The summed E-state index contributed by atoms with van der Waals surface area (Å²) in [7, 11) is 0. The van der Waals surface area contributed by atoms with Gasteiger partial charge >= 0.3 is 0 Å². The van der Waals surface area contributed by atoms with Crippen molar-refractivity contribution >= 4 is 5.91 Å². The van der Waals surface area contributed by atoms with Gasteiger partial charge in [0.05, 0.1) is 0 Å². The summed E-state index contributed by atoms with van der Waals surface area (Å²) in [5.41, 5.74) is 7.80. The third kappa shape index (κ3) is 1.66. The number of hydrogen-bond acceptors (Lipinski definition) is 4. The molecule has 5 N–H and O–H groups in total. The highest BCUT2D eigenvalue weighted by Crippen LogP contribution is 1.98.